The largest absolute Gasteiger partial charge is 0.324 e. The Kier molecular flexibility index (Phi) is 2.35. The Hall–Kier alpha value is -0.820. The van der Waals surface area contributed by atoms with Gasteiger partial charge in [0.15, 0.2) is 0 Å². The van der Waals surface area contributed by atoms with Gasteiger partial charge in [0.25, 0.3) is 0 Å². The third-order valence-electron chi connectivity index (χ3n) is 5.76. The fourth-order valence-corrected chi connectivity index (χ4v) is 5.02. The molecule has 2 bridgehead atoms. The number of hydrogen-bond donors (Lipinski definition) is 1. The van der Waals surface area contributed by atoms with Gasteiger partial charge in [-0.2, -0.15) is 0 Å². The van der Waals surface area contributed by atoms with Gasteiger partial charge in [-0.1, -0.05) is 30.7 Å². The molecule has 0 heterocycles. The molecule has 1 aromatic rings. The first kappa shape index (κ1) is 11.0. The Labute approximate surface area is 110 Å². The molecule has 1 heteroatoms. The standard InChI is InChI=1S/C17H23N/c18-17(9-14-3-1-2-4-15(14)10-17)11-16-8-12-5-6-13(16)7-12/h1-4,12-13,16H,5-11,18H2. The van der Waals surface area contributed by atoms with Gasteiger partial charge in [0, 0.05) is 5.54 Å². The molecule has 3 unspecified atom stereocenters. The van der Waals surface area contributed by atoms with E-state index in [1.807, 2.05) is 0 Å². The Morgan fingerprint density at radius 3 is 2.33 bits per heavy atom. The fraction of sp³-hybridized carbons (Fsp3) is 0.647. The van der Waals surface area contributed by atoms with Crippen LogP contribution in [-0.4, -0.2) is 5.54 Å². The zero-order valence-corrected chi connectivity index (χ0v) is 11.1. The van der Waals surface area contributed by atoms with Crippen molar-refractivity contribution in [1.82, 2.24) is 0 Å². The normalized spacial score (nSPS) is 35.9. The molecule has 1 nitrogen and oxygen atoms in total. The van der Waals surface area contributed by atoms with Crippen molar-refractivity contribution in [3.05, 3.63) is 35.4 Å². The summed E-state index contributed by atoms with van der Waals surface area (Å²) in [5.41, 5.74) is 9.80. The Bertz CT molecular complexity index is 439. The second kappa shape index (κ2) is 3.84. The van der Waals surface area contributed by atoms with Gasteiger partial charge in [-0.25, -0.2) is 0 Å². The molecule has 0 saturated heterocycles. The third-order valence-corrected chi connectivity index (χ3v) is 5.76. The zero-order valence-electron chi connectivity index (χ0n) is 11.1. The summed E-state index contributed by atoms with van der Waals surface area (Å²) in [5, 5.41) is 0. The minimum absolute atomic E-state index is 0.0683. The molecule has 3 aliphatic carbocycles. The SMILES string of the molecule is NC1(CC2CC3CCC2C3)Cc2ccccc2C1. The monoisotopic (exact) mass is 241 g/mol. The minimum atomic E-state index is 0.0683. The van der Waals surface area contributed by atoms with Crippen LogP contribution in [0.25, 0.3) is 0 Å². The van der Waals surface area contributed by atoms with Crippen LogP contribution in [0.1, 0.15) is 43.2 Å². The Morgan fingerprint density at radius 1 is 1.06 bits per heavy atom. The average Bonchev–Trinajstić information content (AvgIpc) is 3.00. The van der Waals surface area contributed by atoms with Crippen LogP contribution in [-0.2, 0) is 12.8 Å². The van der Waals surface area contributed by atoms with Gasteiger partial charge in [0.05, 0.1) is 0 Å². The van der Waals surface area contributed by atoms with E-state index in [-0.39, 0.29) is 5.54 Å². The molecule has 0 aromatic heterocycles. The summed E-state index contributed by atoms with van der Waals surface area (Å²) in [6.45, 7) is 0. The highest BCUT2D eigenvalue weighted by molar-refractivity contribution is 5.36. The molecular weight excluding hydrogens is 218 g/mol. The van der Waals surface area contributed by atoms with Crippen molar-refractivity contribution in [1.29, 1.82) is 0 Å². The highest BCUT2D eigenvalue weighted by atomic mass is 14.8. The lowest BCUT2D eigenvalue weighted by atomic mass is 9.78. The molecule has 2 N–H and O–H groups in total. The summed E-state index contributed by atoms with van der Waals surface area (Å²) < 4.78 is 0. The molecule has 0 spiro atoms. The summed E-state index contributed by atoms with van der Waals surface area (Å²) in [7, 11) is 0. The van der Waals surface area contributed by atoms with Crippen LogP contribution in [0, 0.1) is 17.8 Å². The number of benzene rings is 1. The molecule has 18 heavy (non-hydrogen) atoms. The first-order valence-corrected chi connectivity index (χ1v) is 7.57. The van der Waals surface area contributed by atoms with Gasteiger partial charge < -0.3 is 5.73 Å². The van der Waals surface area contributed by atoms with E-state index in [4.69, 9.17) is 5.73 Å². The van der Waals surface area contributed by atoms with Crippen molar-refractivity contribution < 1.29 is 0 Å². The minimum Gasteiger partial charge on any atom is -0.324 e. The van der Waals surface area contributed by atoms with Crippen LogP contribution < -0.4 is 5.73 Å². The second-order valence-electron chi connectivity index (χ2n) is 7.12. The first-order valence-electron chi connectivity index (χ1n) is 7.57. The third kappa shape index (κ3) is 1.72. The maximum atomic E-state index is 6.72. The van der Waals surface area contributed by atoms with Gasteiger partial charge in [0.1, 0.15) is 0 Å². The highest BCUT2D eigenvalue weighted by Gasteiger charge is 2.44. The smallest absolute Gasteiger partial charge is 0.0238 e. The van der Waals surface area contributed by atoms with Crippen LogP contribution in [0.2, 0.25) is 0 Å². The van der Waals surface area contributed by atoms with Crippen molar-refractivity contribution >= 4 is 0 Å². The van der Waals surface area contributed by atoms with Crippen LogP contribution in [0.4, 0.5) is 0 Å². The fourth-order valence-electron chi connectivity index (χ4n) is 5.02. The Balaban J connectivity index is 1.50. The summed E-state index contributed by atoms with van der Waals surface area (Å²) in [4.78, 5) is 0. The summed E-state index contributed by atoms with van der Waals surface area (Å²) in [6, 6.07) is 8.85. The molecule has 96 valence electrons. The van der Waals surface area contributed by atoms with Crippen molar-refractivity contribution in [3.8, 4) is 0 Å². The zero-order chi connectivity index (χ0) is 12.2. The predicted octanol–water partition coefficient (Wildman–Crippen LogP) is 3.31. The van der Waals surface area contributed by atoms with Crippen LogP contribution in [0.5, 0.6) is 0 Å². The molecule has 2 saturated carbocycles. The van der Waals surface area contributed by atoms with E-state index in [1.54, 1.807) is 0 Å². The van der Waals surface area contributed by atoms with E-state index >= 15 is 0 Å². The van der Waals surface area contributed by atoms with Gasteiger partial charge in [-0.3, -0.25) is 0 Å². The van der Waals surface area contributed by atoms with Crippen molar-refractivity contribution in [3.63, 3.8) is 0 Å². The van der Waals surface area contributed by atoms with Crippen LogP contribution in [0.3, 0.4) is 0 Å². The van der Waals surface area contributed by atoms with E-state index in [2.05, 4.69) is 24.3 Å². The lowest BCUT2D eigenvalue weighted by Crippen LogP contribution is -2.43. The van der Waals surface area contributed by atoms with Gasteiger partial charge in [-0.05, 0) is 67.4 Å². The molecule has 3 aliphatic rings. The molecule has 3 atom stereocenters. The summed E-state index contributed by atoms with van der Waals surface area (Å²) >= 11 is 0. The number of fused-ring (bicyclic) bond motifs is 3. The van der Waals surface area contributed by atoms with Crippen LogP contribution in [0.15, 0.2) is 24.3 Å². The van der Waals surface area contributed by atoms with Crippen molar-refractivity contribution in [2.75, 3.05) is 0 Å². The van der Waals surface area contributed by atoms with Gasteiger partial charge >= 0.3 is 0 Å². The maximum absolute atomic E-state index is 6.72. The average molecular weight is 241 g/mol. The van der Waals surface area contributed by atoms with Crippen LogP contribution >= 0.6 is 0 Å². The molecule has 1 aromatic carbocycles. The molecule has 0 aliphatic heterocycles. The van der Waals surface area contributed by atoms with E-state index in [9.17, 15) is 0 Å². The topological polar surface area (TPSA) is 26.0 Å². The van der Waals surface area contributed by atoms with E-state index in [0.717, 1.165) is 30.6 Å². The second-order valence-corrected chi connectivity index (χ2v) is 7.12. The molecular formula is C17H23N. The first-order chi connectivity index (χ1) is 8.72. The number of nitrogens with two attached hydrogens (primary N) is 1. The summed E-state index contributed by atoms with van der Waals surface area (Å²) in [6.07, 6.45) is 9.45. The molecule has 0 amide bonds. The quantitative estimate of drug-likeness (QED) is 0.844. The molecule has 0 radical (unpaired) electrons. The lowest BCUT2D eigenvalue weighted by Gasteiger charge is -2.31. The number of rotatable bonds is 2. The van der Waals surface area contributed by atoms with E-state index < -0.39 is 0 Å². The van der Waals surface area contributed by atoms with Crippen molar-refractivity contribution in [2.24, 2.45) is 23.5 Å². The Morgan fingerprint density at radius 2 is 1.78 bits per heavy atom. The van der Waals surface area contributed by atoms with Crippen molar-refractivity contribution in [2.45, 2.75) is 50.5 Å². The van der Waals surface area contributed by atoms with Gasteiger partial charge in [-0.15, -0.1) is 0 Å². The van der Waals surface area contributed by atoms with E-state index in [0.29, 0.717) is 0 Å². The lowest BCUT2D eigenvalue weighted by molar-refractivity contribution is 0.245. The summed E-state index contributed by atoms with van der Waals surface area (Å²) in [5.74, 6) is 2.99. The maximum Gasteiger partial charge on any atom is 0.0238 e. The van der Waals surface area contributed by atoms with E-state index in [1.165, 1.54) is 43.2 Å². The van der Waals surface area contributed by atoms with Gasteiger partial charge in [0.2, 0.25) is 0 Å². The molecule has 4 rings (SSSR count). The molecule has 2 fully saturated rings. The number of hydrogen-bond acceptors (Lipinski definition) is 1. The highest BCUT2D eigenvalue weighted by Crippen LogP contribution is 2.51. The predicted molar refractivity (Wildman–Crippen MR) is 74.3 cm³/mol.